The Kier molecular flexibility index (Phi) is 8.02. The van der Waals surface area contributed by atoms with E-state index in [1.54, 1.807) is 7.11 Å². The van der Waals surface area contributed by atoms with Crippen molar-refractivity contribution in [2.75, 3.05) is 38.3 Å². The van der Waals surface area contributed by atoms with Gasteiger partial charge in [-0.15, -0.1) is 11.3 Å². The van der Waals surface area contributed by atoms with Gasteiger partial charge in [0.1, 0.15) is 0 Å². The number of likely N-dealkylation sites (N-methyl/N-ethyl adjacent to an activating group) is 1. The van der Waals surface area contributed by atoms with Crippen molar-refractivity contribution in [3.8, 4) is 0 Å². The van der Waals surface area contributed by atoms with Crippen LogP contribution in [-0.4, -0.2) is 38.3 Å². The van der Waals surface area contributed by atoms with Crippen molar-refractivity contribution in [2.45, 2.75) is 40.2 Å². The number of hydrogen-bond donors (Lipinski definition) is 1. The number of nitrogens with zero attached hydrogens (tertiary/aromatic N) is 2. The molecule has 0 saturated heterocycles. The molecule has 0 spiro atoms. The number of methoxy groups -OCH3 is 1. The predicted octanol–water partition coefficient (Wildman–Crippen LogP) is 2.68. The molecule has 0 bridgehead atoms. The fourth-order valence-electron chi connectivity index (χ4n) is 1.90. The first-order valence-corrected chi connectivity index (χ1v) is 8.01. The molecule has 1 N–H and O–H groups in total. The number of aryl methyl sites for hydroxylation is 1. The van der Waals surface area contributed by atoms with Gasteiger partial charge >= 0.3 is 0 Å². The highest BCUT2D eigenvalue weighted by atomic mass is 32.1. The summed E-state index contributed by atoms with van der Waals surface area (Å²) in [4.78, 5) is 8.50. The molecule has 0 aliphatic carbocycles. The first-order valence-electron chi connectivity index (χ1n) is 7.19. The van der Waals surface area contributed by atoms with Crippen LogP contribution in [0.15, 0.2) is 0 Å². The van der Waals surface area contributed by atoms with Crippen molar-refractivity contribution in [2.24, 2.45) is 0 Å². The molecule has 1 rings (SSSR count). The Bertz CT molecular complexity index is 354. The molecule has 0 aliphatic rings. The Labute approximate surface area is 121 Å². The van der Waals surface area contributed by atoms with Crippen LogP contribution in [0.4, 0.5) is 5.13 Å². The summed E-state index contributed by atoms with van der Waals surface area (Å²) in [5.41, 5.74) is 1.26. The second kappa shape index (κ2) is 9.28. The first kappa shape index (κ1) is 16.4. The van der Waals surface area contributed by atoms with Crippen LogP contribution in [0, 0.1) is 0 Å². The van der Waals surface area contributed by atoms with Crippen molar-refractivity contribution in [3.63, 3.8) is 0 Å². The molecule has 19 heavy (non-hydrogen) atoms. The second-order valence-electron chi connectivity index (χ2n) is 4.47. The second-order valence-corrected chi connectivity index (χ2v) is 5.53. The van der Waals surface area contributed by atoms with Gasteiger partial charge < -0.3 is 15.0 Å². The quantitative estimate of drug-likeness (QED) is 0.717. The standard InChI is InChI=1S/C14H27N3OS/c1-5-8-12-13(11-15-6-2)19-14(16-12)17(7-3)9-10-18-4/h15H,5-11H2,1-4H3. The monoisotopic (exact) mass is 285 g/mol. The number of aromatic nitrogens is 1. The van der Waals surface area contributed by atoms with Crippen molar-refractivity contribution < 1.29 is 4.74 Å². The lowest BCUT2D eigenvalue weighted by Gasteiger charge is -2.18. The lowest BCUT2D eigenvalue weighted by molar-refractivity contribution is 0.205. The van der Waals surface area contributed by atoms with Crippen LogP contribution in [0.1, 0.15) is 37.8 Å². The van der Waals surface area contributed by atoms with Crippen LogP contribution in [0.3, 0.4) is 0 Å². The SMILES string of the molecule is CCCc1nc(N(CC)CCOC)sc1CNCC. The third-order valence-corrected chi connectivity index (χ3v) is 4.17. The van der Waals surface area contributed by atoms with E-state index in [2.05, 4.69) is 31.0 Å². The Hall–Kier alpha value is -0.650. The molecule has 1 heterocycles. The molecule has 0 aromatic carbocycles. The third-order valence-electron chi connectivity index (χ3n) is 3.01. The lowest BCUT2D eigenvalue weighted by atomic mass is 10.2. The molecule has 0 unspecified atom stereocenters. The van der Waals surface area contributed by atoms with Crippen LogP contribution in [0.5, 0.6) is 0 Å². The van der Waals surface area contributed by atoms with Gasteiger partial charge in [-0.3, -0.25) is 0 Å². The van der Waals surface area contributed by atoms with Crippen LogP contribution in [-0.2, 0) is 17.7 Å². The van der Waals surface area contributed by atoms with Gasteiger partial charge in [-0.1, -0.05) is 20.3 Å². The molecule has 0 amide bonds. The molecule has 1 aromatic rings. The number of anilines is 1. The summed E-state index contributed by atoms with van der Waals surface area (Å²) in [6.07, 6.45) is 2.21. The molecule has 4 nitrogen and oxygen atoms in total. The molecule has 110 valence electrons. The highest BCUT2D eigenvalue weighted by Gasteiger charge is 2.14. The first-order chi connectivity index (χ1) is 9.26. The van der Waals surface area contributed by atoms with Crippen molar-refractivity contribution in [1.82, 2.24) is 10.3 Å². The number of rotatable bonds is 10. The maximum atomic E-state index is 5.17. The van der Waals surface area contributed by atoms with Crippen molar-refractivity contribution in [1.29, 1.82) is 0 Å². The Morgan fingerprint density at radius 1 is 1.32 bits per heavy atom. The van der Waals surface area contributed by atoms with Crippen LogP contribution in [0.25, 0.3) is 0 Å². The summed E-state index contributed by atoms with van der Waals surface area (Å²) in [6.45, 7) is 11.1. The minimum absolute atomic E-state index is 0.749. The maximum Gasteiger partial charge on any atom is 0.185 e. The molecule has 0 fully saturated rings. The fraction of sp³-hybridized carbons (Fsp3) is 0.786. The summed E-state index contributed by atoms with van der Waals surface area (Å²) in [7, 11) is 1.74. The van der Waals surface area contributed by atoms with E-state index in [1.807, 2.05) is 11.3 Å². The maximum absolute atomic E-state index is 5.17. The van der Waals surface area contributed by atoms with Crippen LogP contribution >= 0.6 is 11.3 Å². The number of hydrogen-bond acceptors (Lipinski definition) is 5. The third kappa shape index (κ3) is 5.09. The molecule has 0 radical (unpaired) electrons. The van der Waals surface area contributed by atoms with E-state index in [0.29, 0.717) is 0 Å². The van der Waals surface area contributed by atoms with Gasteiger partial charge in [-0.25, -0.2) is 4.98 Å². The van der Waals surface area contributed by atoms with E-state index >= 15 is 0 Å². The van der Waals surface area contributed by atoms with E-state index in [0.717, 1.165) is 50.8 Å². The van der Waals surface area contributed by atoms with Crippen LogP contribution < -0.4 is 10.2 Å². The molecule has 1 aromatic heterocycles. The zero-order valence-corrected chi connectivity index (χ0v) is 13.5. The molecule has 0 saturated carbocycles. The van der Waals surface area contributed by atoms with Gasteiger partial charge in [0.25, 0.3) is 0 Å². The average Bonchev–Trinajstić information content (AvgIpc) is 2.81. The minimum Gasteiger partial charge on any atom is -0.383 e. The molecule has 0 aliphatic heterocycles. The van der Waals surface area contributed by atoms with Crippen molar-refractivity contribution >= 4 is 16.5 Å². The van der Waals surface area contributed by atoms with E-state index < -0.39 is 0 Å². The Balaban J connectivity index is 2.81. The van der Waals surface area contributed by atoms with E-state index in [1.165, 1.54) is 10.6 Å². The summed E-state index contributed by atoms with van der Waals surface area (Å²) < 4.78 is 5.17. The van der Waals surface area contributed by atoms with Gasteiger partial charge in [0.15, 0.2) is 5.13 Å². The molecular weight excluding hydrogens is 258 g/mol. The summed E-state index contributed by atoms with van der Waals surface area (Å²) in [5, 5.41) is 4.54. The molecule has 0 atom stereocenters. The summed E-state index contributed by atoms with van der Waals surface area (Å²) >= 11 is 1.82. The number of nitrogens with one attached hydrogen (secondary N) is 1. The van der Waals surface area contributed by atoms with Gasteiger partial charge in [0, 0.05) is 31.6 Å². The largest absolute Gasteiger partial charge is 0.383 e. The number of ether oxygens (including phenoxy) is 1. The summed E-state index contributed by atoms with van der Waals surface area (Å²) in [6, 6.07) is 0. The minimum atomic E-state index is 0.749. The predicted molar refractivity (Wildman–Crippen MR) is 83.3 cm³/mol. The normalized spacial score (nSPS) is 10.9. The van der Waals surface area contributed by atoms with Crippen molar-refractivity contribution in [3.05, 3.63) is 10.6 Å². The highest BCUT2D eigenvalue weighted by molar-refractivity contribution is 7.15. The van der Waals surface area contributed by atoms with Gasteiger partial charge in [0.2, 0.25) is 0 Å². The smallest absolute Gasteiger partial charge is 0.185 e. The number of thiazole rings is 1. The highest BCUT2D eigenvalue weighted by Crippen LogP contribution is 2.27. The van der Waals surface area contributed by atoms with E-state index in [9.17, 15) is 0 Å². The Morgan fingerprint density at radius 2 is 2.11 bits per heavy atom. The lowest BCUT2D eigenvalue weighted by Crippen LogP contribution is -2.26. The topological polar surface area (TPSA) is 37.4 Å². The van der Waals surface area contributed by atoms with E-state index in [4.69, 9.17) is 9.72 Å². The van der Waals surface area contributed by atoms with Gasteiger partial charge in [-0.2, -0.15) is 0 Å². The fourth-order valence-corrected chi connectivity index (χ4v) is 3.07. The molecular formula is C14H27N3OS. The van der Waals surface area contributed by atoms with Crippen LogP contribution in [0.2, 0.25) is 0 Å². The van der Waals surface area contributed by atoms with Gasteiger partial charge in [0.05, 0.1) is 12.3 Å². The average molecular weight is 285 g/mol. The van der Waals surface area contributed by atoms with Gasteiger partial charge in [-0.05, 0) is 19.9 Å². The molecule has 5 heteroatoms. The van der Waals surface area contributed by atoms with E-state index in [-0.39, 0.29) is 0 Å². The zero-order valence-electron chi connectivity index (χ0n) is 12.7. The Morgan fingerprint density at radius 3 is 2.68 bits per heavy atom. The summed E-state index contributed by atoms with van der Waals surface area (Å²) in [5.74, 6) is 0. The zero-order chi connectivity index (χ0) is 14.1.